The molecule has 0 aromatic heterocycles. The van der Waals surface area contributed by atoms with E-state index >= 15 is 0 Å². The van der Waals surface area contributed by atoms with Gasteiger partial charge in [-0.15, -0.1) is 0 Å². The lowest BCUT2D eigenvalue weighted by Crippen LogP contribution is -2.38. The summed E-state index contributed by atoms with van der Waals surface area (Å²) in [5, 5.41) is 0. The van der Waals surface area contributed by atoms with Crippen molar-refractivity contribution < 1.29 is 4.57 Å². The van der Waals surface area contributed by atoms with Gasteiger partial charge in [-0.05, 0) is 5.41 Å². The topological polar surface area (TPSA) is 20.3 Å². The monoisotopic (exact) mass is 189 g/mol. The third kappa shape index (κ3) is 3.73. The molecule has 1 heterocycles. The maximum atomic E-state index is 11.1. The van der Waals surface area contributed by atoms with Crippen LogP contribution in [0.3, 0.4) is 0 Å². The first kappa shape index (κ1) is 10.3. The van der Waals surface area contributed by atoms with Crippen LogP contribution in [-0.4, -0.2) is 36.9 Å². The van der Waals surface area contributed by atoms with Gasteiger partial charge >= 0.3 is 0 Å². The molecule has 1 rings (SSSR count). The normalized spacial score (nSPS) is 22.9. The lowest BCUT2D eigenvalue weighted by atomic mass is 9.96. The van der Waals surface area contributed by atoms with E-state index in [0.29, 0.717) is 5.41 Å². The zero-order valence-corrected chi connectivity index (χ0v) is 9.39. The standard InChI is InChI=1S/C9H20NOP/c1-9(2,3)8-10-4-6-12(11)7-5-10/h12H,4-8H2,1-3H3. The van der Waals surface area contributed by atoms with Crippen molar-refractivity contribution in [1.29, 1.82) is 0 Å². The van der Waals surface area contributed by atoms with Gasteiger partial charge in [0.15, 0.2) is 0 Å². The van der Waals surface area contributed by atoms with Crippen molar-refractivity contribution in [3.05, 3.63) is 0 Å². The zero-order valence-electron chi connectivity index (χ0n) is 8.39. The van der Waals surface area contributed by atoms with E-state index in [4.69, 9.17) is 0 Å². The second-order valence-electron chi connectivity index (χ2n) is 4.88. The highest BCUT2D eigenvalue weighted by atomic mass is 31.1. The molecule has 0 amide bonds. The van der Waals surface area contributed by atoms with Gasteiger partial charge in [0, 0.05) is 32.0 Å². The van der Waals surface area contributed by atoms with Gasteiger partial charge in [0.1, 0.15) is 0 Å². The largest absolute Gasteiger partial charge is 0.327 e. The lowest BCUT2D eigenvalue weighted by Gasteiger charge is -2.32. The van der Waals surface area contributed by atoms with Crippen molar-refractivity contribution >= 4 is 7.80 Å². The molecular weight excluding hydrogens is 169 g/mol. The lowest BCUT2D eigenvalue weighted by molar-refractivity contribution is 0.205. The third-order valence-corrected chi connectivity index (χ3v) is 3.67. The van der Waals surface area contributed by atoms with Crippen molar-refractivity contribution in [1.82, 2.24) is 4.90 Å². The Hall–Kier alpha value is 0.190. The van der Waals surface area contributed by atoms with Gasteiger partial charge < -0.3 is 9.46 Å². The summed E-state index contributed by atoms with van der Waals surface area (Å²) in [7, 11) is -1.17. The maximum Gasteiger partial charge on any atom is 0.0787 e. The van der Waals surface area contributed by atoms with Crippen molar-refractivity contribution in [2.45, 2.75) is 20.8 Å². The smallest absolute Gasteiger partial charge is 0.0787 e. The Balaban J connectivity index is 2.31. The van der Waals surface area contributed by atoms with Crippen LogP contribution in [0.5, 0.6) is 0 Å². The fraction of sp³-hybridized carbons (Fsp3) is 1.00. The minimum atomic E-state index is -1.17. The second-order valence-corrected chi connectivity index (χ2v) is 6.95. The van der Waals surface area contributed by atoms with Gasteiger partial charge in [-0.1, -0.05) is 20.8 Å². The van der Waals surface area contributed by atoms with E-state index in [9.17, 15) is 4.57 Å². The molecule has 1 fully saturated rings. The number of hydrogen-bond acceptors (Lipinski definition) is 2. The van der Waals surface area contributed by atoms with E-state index < -0.39 is 7.80 Å². The molecule has 0 atom stereocenters. The fourth-order valence-corrected chi connectivity index (χ4v) is 3.01. The maximum absolute atomic E-state index is 11.1. The molecule has 2 nitrogen and oxygen atoms in total. The van der Waals surface area contributed by atoms with Crippen LogP contribution in [0.25, 0.3) is 0 Å². The molecule has 1 aliphatic heterocycles. The van der Waals surface area contributed by atoms with Gasteiger partial charge in [-0.3, -0.25) is 0 Å². The highest BCUT2D eigenvalue weighted by Gasteiger charge is 2.20. The summed E-state index contributed by atoms with van der Waals surface area (Å²) < 4.78 is 11.1. The first-order chi connectivity index (χ1) is 5.47. The number of hydrogen-bond donors (Lipinski definition) is 0. The van der Waals surface area contributed by atoms with Crippen LogP contribution in [0.15, 0.2) is 0 Å². The quantitative estimate of drug-likeness (QED) is 0.587. The first-order valence-corrected chi connectivity index (χ1v) is 6.54. The van der Waals surface area contributed by atoms with Crippen LogP contribution in [0.4, 0.5) is 0 Å². The Morgan fingerprint density at radius 2 is 1.75 bits per heavy atom. The van der Waals surface area contributed by atoms with E-state index in [-0.39, 0.29) is 0 Å². The summed E-state index contributed by atoms with van der Waals surface area (Å²) in [6, 6.07) is 0. The summed E-state index contributed by atoms with van der Waals surface area (Å²) >= 11 is 0. The van der Waals surface area contributed by atoms with Gasteiger partial charge in [-0.25, -0.2) is 0 Å². The zero-order chi connectivity index (χ0) is 9.19. The van der Waals surface area contributed by atoms with E-state index in [1.165, 1.54) is 0 Å². The Labute approximate surface area is 76.1 Å². The molecule has 0 saturated carbocycles. The second kappa shape index (κ2) is 3.93. The molecule has 0 aromatic carbocycles. The van der Waals surface area contributed by atoms with Crippen LogP contribution >= 0.6 is 7.80 Å². The first-order valence-electron chi connectivity index (χ1n) is 4.71. The average Bonchev–Trinajstić information content (AvgIpc) is 1.91. The van der Waals surface area contributed by atoms with Crippen LogP contribution in [0.2, 0.25) is 0 Å². The molecule has 1 aliphatic rings. The van der Waals surface area contributed by atoms with Crippen LogP contribution in [0, 0.1) is 5.41 Å². The molecule has 0 bridgehead atoms. The van der Waals surface area contributed by atoms with Crippen molar-refractivity contribution in [2.24, 2.45) is 5.41 Å². The Morgan fingerprint density at radius 3 is 2.17 bits per heavy atom. The molecule has 0 N–H and O–H groups in total. The Morgan fingerprint density at radius 1 is 1.25 bits per heavy atom. The van der Waals surface area contributed by atoms with Crippen molar-refractivity contribution in [3.63, 3.8) is 0 Å². The van der Waals surface area contributed by atoms with Gasteiger partial charge in [-0.2, -0.15) is 0 Å². The van der Waals surface area contributed by atoms with Crippen molar-refractivity contribution in [3.8, 4) is 0 Å². The molecule has 0 unspecified atom stereocenters. The van der Waals surface area contributed by atoms with Crippen LogP contribution in [-0.2, 0) is 4.57 Å². The van der Waals surface area contributed by atoms with Gasteiger partial charge in [0.05, 0.1) is 7.80 Å². The van der Waals surface area contributed by atoms with E-state index in [1.807, 2.05) is 0 Å². The molecular formula is C9H20NOP. The Kier molecular flexibility index (Phi) is 3.37. The van der Waals surface area contributed by atoms with Crippen LogP contribution in [0.1, 0.15) is 20.8 Å². The SMILES string of the molecule is CC(C)(C)CN1CC[PH](=O)CC1. The highest BCUT2D eigenvalue weighted by molar-refractivity contribution is 7.44. The molecule has 0 radical (unpaired) electrons. The van der Waals surface area contributed by atoms with Crippen LogP contribution < -0.4 is 0 Å². The molecule has 0 spiro atoms. The van der Waals surface area contributed by atoms with Gasteiger partial charge in [0.25, 0.3) is 0 Å². The summed E-state index contributed by atoms with van der Waals surface area (Å²) in [5.74, 6) is 0. The molecule has 12 heavy (non-hydrogen) atoms. The number of nitrogens with zero attached hydrogens (tertiary/aromatic N) is 1. The van der Waals surface area contributed by atoms with E-state index in [1.54, 1.807) is 0 Å². The predicted octanol–water partition coefficient (Wildman–Crippen LogP) is 1.91. The van der Waals surface area contributed by atoms with Crippen molar-refractivity contribution in [2.75, 3.05) is 32.0 Å². The minimum Gasteiger partial charge on any atom is -0.327 e. The summed E-state index contributed by atoms with van der Waals surface area (Å²) in [5.41, 5.74) is 0.382. The summed E-state index contributed by atoms with van der Waals surface area (Å²) in [6.07, 6.45) is 1.89. The van der Waals surface area contributed by atoms with Gasteiger partial charge in [0.2, 0.25) is 0 Å². The molecule has 0 aromatic rings. The minimum absolute atomic E-state index is 0.382. The predicted molar refractivity (Wildman–Crippen MR) is 54.6 cm³/mol. The summed E-state index contributed by atoms with van der Waals surface area (Å²) in [6.45, 7) is 10.0. The van der Waals surface area contributed by atoms with E-state index in [2.05, 4.69) is 25.7 Å². The highest BCUT2D eigenvalue weighted by Crippen LogP contribution is 2.26. The third-order valence-electron chi connectivity index (χ3n) is 2.11. The Bertz CT molecular complexity index is 164. The van der Waals surface area contributed by atoms with E-state index in [0.717, 1.165) is 32.0 Å². The average molecular weight is 189 g/mol. The molecule has 1 saturated heterocycles. The number of rotatable bonds is 1. The fourth-order valence-electron chi connectivity index (χ4n) is 1.63. The molecule has 0 aliphatic carbocycles. The molecule has 3 heteroatoms. The summed E-state index contributed by atoms with van der Waals surface area (Å²) in [4.78, 5) is 2.44. The molecule has 72 valence electrons.